The molecule has 0 radical (unpaired) electrons. The van der Waals surface area contributed by atoms with Crippen molar-refractivity contribution >= 4 is 5.91 Å². The molecule has 2 fully saturated rings. The molecule has 1 unspecified atom stereocenters. The lowest BCUT2D eigenvalue weighted by Gasteiger charge is -2.47. The first-order valence-electron chi connectivity index (χ1n) is 10.8. The number of benzene rings is 1. The lowest BCUT2D eigenvalue weighted by atomic mass is 9.86. The number of tetrazole rings is 1. The third-order valence-electron chi connectivity index (χ3n) is 6.17. The SMILES string of the molecule is COCCn1nnnc1C1(N2CCCC2)CCCN(C(=O)COc2ccc(F)cc2)C1. The van der Waals surface area contributed by atoms with E-state index in [-0.39, 0.29) is 18.3 Å². The zero-order valence-electron chi connectivity index (χ0n) is 17.9. The number of aromatic nitrogens is 4. The third-order valence-corrected chi connectivity index (χ3v) is 6.17. The lowest BCUT2D eigenvalue weighted by molar-refractivity contribution is -0.138. The van der Waals surface area contributed by atoms with Crippen molar-refractivity contribution in [1.82, 2.24) is 30.0 Å². The molecule has 2 aromatic rings. The average molecular weight is 433 g/mol. The first kappa shape index (κ1) is 21.6. The maximum Gasteiger partial charge on any atom is 0.260 e. The number of carbonyl (C=O) groups excluding carboxylic acids is 1. The van der Waals surface area contributed by atoms with Crippen LogP contribution in [0.5, 0.6) is 5.75 Å². The summed E-state index contributed by atoms with van der Waals surface area (Å²) in [5.74, 6) is 0.837. The summed E-state index contributed by atoms with van der Waals surface area (Å²) in [4.78, 5) is 17.3. The smallest absolute Gasteiger partial charge is 0.260 e. The highest BCUT2D eigenvalue weighted by Gasteiger charge is 2.48. The normalized spacial score (nSPS) is 22.1. The molecule has 2 saturated heterocycles. The van der Waals surface area contributed by atoms with E-state index in [2.05, 4.69) is 20.4 Å². The van der Waals surface area contributed by atoms with Crippen LogP contribution in [0.15, 0.2) is 24.3 Å². The van der Waals surface area contributed by atoms with Crippen molar-refractivity contribution in [2.45, 2.75) is 37.8 Å². The summed E-state index contributed by atoms with van der Waals surface area (Å²) in [6.45, 7) is 4.11. The molecule has 0 spiro atoms. The van der Waals surface area contributed by atoms with Crippen molar-refractivity contribution in [1.29, 1.82) is 0 Å². The topological polar surface area (TPSA) is 85.6 Å². The predicted octanol–water partition coefficient (Wildman–Crippen LogP) is 1.45. The first-order valence-corrected chi connectivity index (χ1v) is 10.8. The second-order valence-corrected chi connectivity index (χ2v) is 8.11. The molecule has 1 atom stereocenters. The number of piperidine rings is 1. The van der Waals surface area contributed by atoms with Crippen LogP contribution >= 0.6 is 0 Å². The lowest BCUT2D eigenvalue weighted by Crippen LogP contribution is -2.58. The van der Waals surface area contributed by atoms with Crippen molar-refractivity contribution in [2.24, 2.45) is 0 Å². The van der Waals surface area contributed by atoms with E-state index >= 15 is 0 Å². The number of methoxy groups -OCH3 is 1. The number of amides is 1. The fourth-order valence-corrected chi connectivity index (χ4v) is 4.61. The zero-order valence-corrected chi connectivity index (χ0v) is 17.9. The number of hydrogen-bond donors (Lipinski definition) is 0. The Balaban J connectivity index is 1.52. The number of hydrogen-bond acceptors (Lipinski definition) is 7. The van der Waals surface area contributed by atoms with Crippen molar-refractivity contribution < 1.29 is 18.7 Å². The molecule has 4 rings (SSSR count). The second kappa shape index (κ2) is 9.69. The minimum atomic E-state index is -0.419. The summed E-state index contributed by atoms with van der Waals surface area (Å²) in [7, 11) is 1.66. The van der Waals surface area contributed by atoms with Crippen molar-refractivity contribution in [3.63, 3.8) is 0 Å². The van der Waals surface area contributed by atoms with Crippen LogP contribution in [0.2, 0.25) is 0 Å². The van der Waals surface area contributed by atoms with Crippen LogP contribution in [0.4, 0.5) is 4.39 Å². The molecule has 1 aromatic carbocycles. The van der Waals surface area contributed by atoms with Crippen molar-refractivity contribution in [3.8, 4) is 5.75 Å². The molecule has 0 bridgehead atoms. The molecule has 0 N–H and O–H groups in total. The van der Waals surface area contributed by atoms with Crippen LogP contribution in [0.1, 0.15) is 31.5 Å². The monoisotopic (exact) mass is 432 g/mol. The Labute approximate surface area is 181 Å². The van der Waals surface area contributed by atoms with Gasteiger partial charge in [0.05, 0.1) is 13.2 Å². The average Bonchev–Trinajstić information content (AvgIpc) is 3.50. The van der Waals surface area contributed by atoms with E-state index in [4.69, 9.17) is 9.47 Å². The van der Waals surface area contributed by atoms with Gasteiger partial charge in [0.1, 0.15) is 17.1 Å². The Hall–Kier alpha value is -2.59. The second-order valence-electron chi connectivity index (χ2n) is 8.11. The number of ether oxygens (including phenoxy) is 2. The van der Waals surface area contributed by atoms with Gasteiger partial charge in [0, 0.05) is 20.2 Å². The van der Waals surface area contributed by atoms with Crippen LogP contribution in [0, 0.1) is 5.82 Å². The molecule has 31 heavy (non-hydrogen) atoms. The molecule has 2 aliphatic heterocycles. The fraction of sp³-hybridized carbons (Fsp3) is 0.619. The van der Waals surface area contributed by atoms with Gasteiger partial charge in [-0.05, 0) is 73.5 Å². The Morgan fingerprint density at radius 3 is 2.68 bits per heavy atom. The van der Waals surface area contributed by atoms with Gasteiger partial charge in [0.15, 0.2) is 12.4 Å². The standard InChI is InChI=1S/C21H29FN6O3/c1-30-14-13-28-20(23-24-25-28)21(27-11-2-3-12-27)9-4-10-26(16-21)19(29)15-31-18-7-5-17(22)6-8-18/h5-8H,2-4,9-16H2,1H3. The molecule has 168 valence electrons. The maximum atomic E-state index is 13.1. The van der Waals surface area contributed by atoms with Crippen molar-refractivity contribution in [2.75, 3.05) is 46.5 Å². The Morgan fingerprint density at radius 2 is 1.94 bits per heavy atom. The quantitative estimate of drug-likeness (QED) is 0.624. The molecule has 2 aliphatic rings. The molecule has 1 aromatic heterocycles. The Bertz CT molecular complexity index is 870. The van der Waals surface area contributed by atoms with Crippen LogP contribution in [-0.4, -0.2) is 82.4 Å². The van der Waals surface area contributed by atoms with Crippen LogP contribution in [0.25, 0.3) is 0 Å². The Morgan fingerprint density at radius 1 is 1.16 bits per heavy atom. The van der Waals surface area contributed by atoms with E-state index in [1.807, 2.05) is 9.58 Å². The van der Waals surface area contributed by atoms with Crippen molar-refractivity contribution in [3.05, 3.63) is 35.9 Å². The van der Waals surface area contributed by atoms with Crippen LogP contribution in [0.3, 0.4) is 0 Å². The molecule has 3 heterocycles. The summed E-state index contributed by atoms with van der Waals surface area (Å²) >= 11 is 0. The van der Waals surface area contributed by atoms with Gasteiger partial charge < -0.3 is 14.4 Å². The number of halogens is 1. The zero-order chi connectivity index (χ0) is 21.7. The molecule has 0 aliphatic carbocycles. The summed E-state index contributed by atoms with van der Waals surface area (Å²) < 4.78 is 25.7. The van der Waals surface area contributed by atoms with Gasteiger partial charge in [0.2, 0.25) is 0 Å². The minimum Gasteiger partial charge on any atom is -0.484 e. The summed E-state index contributed by atoms with van der Waals surface area (Å²) in [6.07, 6.45) is 4.00. The summed E-state index contributed by atoms with van der Waals surface area (Å²) in [6, 6.07) is 5.69. The highest BCUT2D eigenvalue weighted by Crippen LogP contribution is 2.38. The molecule has 10 heteroatoms. The molecule has 9 nitrogen and oxygen atoms in total. The number of nitrogens with zero attached hydrogens (tertiary/aromatic N) is 6. The molecule has 0 saturated carbocycles. The van der Waals surface area contributed by atoms with Crippen LogP contribution in [-0.2, 0) is 21.6 Å². The predicted molar refractivity (Wildman–Crippen MR) is 110 cm³/mol. The largest absolute Gasteiger partial charge is 0.484 e. The van der Waals surface area contributed by atoms with E-state index in [9.17, 15) is 9.18 Å². The third kappa shape index (κ3) is 4.69. The van der Waals surface area contributed by atoms with Gasteiger partial charge in [-0.3, -0.25) is 9.69 Å². The maximum absolute atomic E-state index is 13.1. The van der Waals surface area contributed by atoms with E-state index in [0.717, 1.165) is 44.6 Å². The number of rotatable bonds is 8. The van der Waals surface area contributed by atoms with Gasteiger partial charge in [-0.1, -0.05) is 0 Å². The number of carbonyl (C=O) groups is 1. The van der Waals surface area contributed by atoms with E-state index in [1.54, 1.807) is 7.11 Å². The fourth-order valence-electron chi connectivity index (χ4n) is 4.61. The van der Waals surface area contributed by atoms with Gasteiger partial charge >= 0.3 is 0 Å². The highest BCUT2D eigenvalue weighted by molar-refractivity contribution is 5.78. The van der Waals surface area contributed by atoms with Gasteiger partial charge in [0.25, 0.3) is 5.91 Å². The van der Waals surface area contributed by atoms with E-state index in [0.29, 0.717) is 32.0 Å². The molecular formula is C21H29FN6O3. The minimum absolute atomic E-state index is 0.0870. The van der Waals surface area contributed by atoms with E-state index < -0.39 is 5.54 Å². The first-order chi connectivity index (χ1) is 15.1. The van der Waals surface area contributed by atoms with Crippen LogP contribution < -0.4 is 4.74 Å². The highest BCUT2D eigenvalue weighted by atomic mass is 19.1. The van der Waals surface area contributed by atoms with Gasteiger partial charge in [-0.2, -0.15) is 0 Å². The molecular weight excluding hydrogens is 403 g/mol. The van der Waals surface area contributed by atoms with Gasteiger partial charge in [-0.25, -0.2) is 9.07 Å². The number of likely N-dealkylation sites (tertiary alicyclic amines) is 2. The summed E-state index contributed by atoms with van der Waals surface area (Å²) in [5, 5.41) is 12.5. The van der Waals surface area contributed by atoms with E-state index in [1.165, 1.54) is 24.3 Å². The van der Waals surface area contributed by atoms with Gasteiger partial charge in [-0.15, -0.1) is 5.10 Å². The molecule has 1 amide bonds. The Kier molecular flexibility index (Phi) is 6.77. The summed E-state index contributed by atoms with van der Waals surface area (Å²) in [5.41, 5.74) is -0.419.